The van der Waals surface area contributed by atoms with Crippen LogP contribution in [-0.2, 0) is 11.3 Å². The standard InChI is InChI=1S/C9H10IO/c1-2-11-7-8-3-5-9(10)6-4-8/h3-6H,1-2,7H2. The third-order valence-corrected chi connectivity index (χ3v) is 2.05. The molecule has 1 rings (SSSR count). The van der Waals surface area contributed by atoms with Gasteiger partial charge in [0, 0.05) is 10.2 Å². The van der Waals surface area contributed by atoms with E-state index in [4.69, 9.17) is 4.74 Å². The van der Waals surface area contributed by atoms with Crippen molar-refractivity contribution in [2.75, 3.05) is 6.61 Å². The van der Waals surface area contributed by atoms with Crippen molar-refractivity contribution in [3.63, 3.8) is 0 Å². The Morgan fingerprint density at radius 2 is 1.91 bits per heavy atom. The van der Waals surface area contributed by atoms with Gasteiger partial charge in [0.1, 0.15) is 0 Å². The zero-order valence-corrected chi connectivity index (χ0v) is 8.37. The molecule has 0 atom stereocenters. The summed E-state index contributed by atoms with van der Waals surface area (Å²) < 4.78 is 6.40. The van der Waals surface area contributed by atoms with E-state index in [1.165, 1.54) is 9.13 Å². The van der Waals surface area contributed by atoms with Gasteiger partial charge in [0.25, 0.3) is 0 Å². The molecule has 0 amide bonds. The van der Waals surface area contributed by atoms with Gasteiger partial charge in [0.2, 0.25) is 0 Å². The molecule has 0 spiro atoms. The minimum Gasteiger partial charge on any atom is -0.377 e. The predicted octanol–water partition coefficient (Wildman–Crippen LogP) is 2.64. The Bertz CT molecular complexity index is 205. The average molecular weight is 261 g/mol. The van der Waals surface area contributed by atoms with E-state index in [1.807, 2.05) is 0 Å². The molecule has 1 aromatic carbocycles. The quantitative estimate of drug-likeness (QED) is 0.760. The SMILES string of the molecule is [CH2]COCc1ccc(I)cc1. The summed E-state index contributed by atoms with van der Waals surface area (Å²) in [5.74, 6) is 0. The predicted molar refractivity (Wildman–Crippen MR) is 54.2 cm³/mol. The first-order valence-electron chi connectivity index (χ1n) is 3.44. The van der Waals surface area contributed by atoms with Crippen LogP contribution in [0.25, 0.3) is 0 Å². The highest BCUT2D eigenvalue weighted by Crippen LogP contribution is 2.07. The summed E-state index contributed by atoms with van der Waals surface area (Å²) in [6.45, 7) is 4.80. The molecule has 0 bridgehead atoms. The summed E-state index contributed by atoms with van der Waals surface area (Å²) in [5, 5.41) is 0. The molecular weight excluding hydrogens is 251 g/mol. The number of hydrogen-bond acceptors (Lipinski definition) is 1. The minimum atomic E-state index is 0.534. The Kier molecular flexibility index (Phi) is 3.86. The molecule has 2 heteroatoms. The molecule has 0 heterocycles. The molecule has 0 saturated heterocycles. The Balaban J connectivity index is 2.52. The molecule has 0 saturated carbocycles. The lowest BCUT2D eigenvalue weighted by Gasteiger charge is -2.00. The van der Waals surface area contributed by atoms with Gasteiger partial charge in [-0.05, 0) is 47.2 Å². The summed E-state index contributed by atoms with van der Waals surface area (Å²) in [6, 6.07) is 8.28. The van der Waals surface area contributed by atoms with Crippen molar-refractivity contribution in [2.24, 2.45) is 0 Å². The topological polar surface area (TPSA) is 9.23 Å². The van der Waals surface area contributed by atoms with Gasteiger partial charge in [0.05, 0.1) is 6.61 Å². The summed E-state index contributed by atoms with van der Waals surface area (Å²) in [7, 11) is 0. The Labute approximate surface area is 80.9 Å². The van der Waals surface area contributed by atoms with Crippen molar-refractivity contribution in [1.29, 1.82) is 0 Å². The summed E-state index contributed by atoms with van der Waals surface area (Å²) in [6.07, 6.45) is 0. The van der Waals surface area contributed by atoms with Crippen LogP contribution in [0.2, 0.25) is 0 Å². The third kappa shape index (κ3) is 3.20. The van der Waals surface area contributed by atoms with Gasteiger partial charge in [-0.25, -0.2) is 0 Å². The molecule has 1 nitrogen and oxygen atoms in total. The summed E-state index contributed by atoms with van der Waals surface area (Å²) in [5.41, 5.74) is 1.20. The molecule has 0 fully saturated rings. The molecule has 1 radical (unpaired) electrons. The van der Waals surface area contributed by atoms with E-state index in [0.717, 1.165) is 0 Å². The van der Waals surface area contributed by atoms with Crippen LogP contribution in [0, 0.1) is 10.5 Å². The highest BCUT2D eigenvalue weighted by atomic mass is 127. The normalized spacial score (nSPS) is 10.0. The number of ether oxygens (including phenoxy) is 1. The maximum Gasteiger partial charge on any atom is 0.0716 e. The van der Waals surface area contributed by atoms with Gasteiger partial charge in [-0.15, -0.1) is 0 Å². The van der Waals surface area contributed by atoms with Crippen LogP contribution in [0.1, 0.15) is 5.56 Å². The van der Waals surface area contributed by atoms with Gasteiger partial charge in [0.15, 0.2) is 0 Å². The van der Waals surface area contributed by atoms with Crippen LogP contribution >= 0.6 is 22.6 Å². The Hall–Kier alpha value is -0.0900. The van der Waals surface area contributed by atoms with E-state index in [1.54, 1.807) is 0 Å². The van der Waals surface area contributed by atoms with E-state index < -0.39 is 0 Å². The monoisotopic (exact) mass is 261 g/mol. The van der Waals surface area contributed by atoms with Crippen molar-refractivity contribution in [3.05, 3.63) is 40.3 Å². The number of rotatable bonds is 3. The number of halogens is 1. The molecule has 0 aromatic heterocycles. The van der Waals surface area contributed by atoms with Gasteiger partial charge >= 0.3 is 0 Å². The van der Waals surface area contributed by atoms with Crippen LogP contribution in [0.4, 0.5) is 0 Å². The van der Waals surface area contributed by atoms with Crippen molar-refractivity contribution in [2.45, 2.75) is 6.61 Å². The third-order valence-electron chi connectivity index (χ3n) is 1.33. The van der Waals surface area contributed by atoms with Crippen molar-refractivity contribution in [3.8, 4) is 0 Å². The second-order valence-electron chi connectivity index (χ2n) is 2.18. The molecule has 11 heavy (non-hydrogen) atoms. The second-order valence-corrected chi connectivity index (χ2v) is 3.42. The molecule has 1 aromatic rings. The lowest BCUT2D eigenvalue weighted by atomic mass is 10.2. The van der Waals surface area contributed by atoms with Crippen molar-refractivity contribution >= 4 is 22.6 Å². The molecule has 0 aliphatic heterocycles. The molecule has 0 unspecified atom stereocenters. The highest BCUT2D eigenvalue weighted by Gasteiger charge is 1.90. The van der Waals surface area contributed by atoms with Crippen LogP contribution < -0.4 is 0 Å². The zero-order valence-electron chi connectivity index (χ0n) is 6.22. The lowest BCUT2D eigenvalue weighted by molar-refractivity contribution is 0.147. The van der Waals surface area contributed by atoms with Gasteiger partial charge in [-0.1, -0.05) is 12.1 Å². The molecular formula is C9H10IO. The van der Waals surface area contributed by atoms with Crippen molar-refractivity contribution in [1.82, 2.24) is 0 Å². The summed E-state index contributed by atoms with van der Waals surface area (Å²) in [4.78, 5) is 0. The van der Waals surface area contributed by atoms with Gasteiger partial charge in [-0.2, -0.15) is 0 Å². The lowest BCUT2D eigenvalue weighted by Crippen LogP contribution is -1.91. The van der Waals surface area contributed by atoms with E-state index in [0.29, 0.717) is 13.2 Å². The van der Waals surface area contributed by atoms with Crippen LogP contribution in [0.15, 0.2) is 24.3 Å². The first-order valence-corrected chi connectivity index (χ1v) is 4.52. The number of benzene rings is 1. The molecule has 0 N–H and O–H groups in total. The maximum absolute atomic E-state index is 5.15. The van der Waals surface area contributed by atoms with Crippen LogP contribution in [0.3, 0.4) is 0 Å². The van der Waals surface area contributed by atoms with Gasteiger partial charge < -0.3 is 4.74 Å². The van der Waals surface area contributed by atoms with Crippen molar-refractivity contribution < 1.29 is 4.74 Å². The fraction of sp³-hybridized carbons (Fsp3) is 0.222. The van der Waals surface area contributed by atoms with Crippen LogP contribution in [-0.4, -0.2) is 6.61 Å². The van der Waals surface area contributed by atoms with E-state index in [2.05, 4.69) is 53.8 Å². The van der Waals surface area contributed by atoms with E-state index in [-0.39, 0.29) is 0 Å². The average Bonchev–Trinajstić information content (AvgIpc) is 2.04. The number of hydrogen-bond donors (Lipinski definition) is 0. The van der Waals surface area contributed by atoms with E-state index >= 15 is 0 Å². The first kappa shape index (κ1) is 9.00. The van der Waals surface area contributed by atoms with E-state index in [9.17, 15) is 0 Å². The Morgan fingerprint density at radius 1 is 1.27 bits per heavy atom. The minimum absolute atomic E-state index is 0.534. The highest BCUT2D eigenvalue weighted by molar-refractivity contribution is 14.1. The zero-order chi connectivity index (χ0) is 8.10. The summed E-state index contributed by atoms with van der Waals surface area (Å²) >= 11 is 2.28. The maximum atomic E-state index is 5.15. The second kappa shape index (κ2) is 4.72. The van der Waals surface area contributed by atoms with Gasteiger partial charge in [-0.3, -0.25) is 0 Å². The van der Waals surface area contributed by atoms with Crippen LogP contribution in [0.5, 0.6) is 0 Å². The Morgan fingerprint density at radius 3 is 2.45 bits per heavy atom. The molecule has 0 aliphatic rings. The largest absolute Gasteiger partial charge is 0.377 e. The first-order chi connectivity index (χ1) is 5.33. The molecule has 59 valence electrons. The smallest absolute Gasteiger partial charge is 0.0716 e. The molecule has 0 aliphatic carbocycles. The fourth-order valence-electron chi connectivity index (χ4n) is 0.771. The fourth-order valence-corrected chi connectivity index (χ4v) is 1.13.